The normalized spacial score (nSPS) is 17.3. The number of sulfone groups is 1. The number of hydrogen-bond donors (Lipinski definition) is 1. The van der Waals surface area contributed by atoms with Gasteiger partial charge in [0.05, 0.1) is 17.1 Å². The summed E-state index contributed by atoms with van der Waals surface area (Å²) in [6.45, 7) is 0. The molecule has 21 heavy (non-hydrogen) atoms. The molecule has 0 bridgehead atoms. The first kappa shape index (κ1) is 16.1. The highest BCUT2D eigenvalue weighted by molar-refractivity contribution is 7.90. The molecule has 0 aliphatic heterocycles. The Labute approximate surface area is 122 Å². The maximum atomic E-state index is 13.0. The molecule has 1 aliphatic rings. The van der Waals surface area contributed by atoms with Crippen LogP contribution in [0.3, 0.4) is 0 Å². The minimum atomic E-state index is -4.60. The first-order valence-electron chi connectivity index (χ1n) is 6.83. The van der Waals surface area contributed by atoms with E-state index in [1.54, 1.807) is 0 Å². The van der Waals surface area contributed by atoms with Gasteiger partial charge in [0.1, 0.15) is 0 Å². The van der Waals surface area contributed by atoms with E-state index in [0.29, 0.717) is 0 Å². The minimum absolute atomic E-state index is 0.0285. The molecule has 2 N–H and O–H groups in total. The molecule has 0 saturated heterocycles. The van der Waals surface area contributed by atoms with E-state index >= 15 is 0 Å². The van der Waals surface area contributed by atoms with Crippen LogP contribution in [0.25, 0.3) is 0 Å². The summed E-state index contributed by atoms with van der Waals surface area (Å²) in [6, 6.07) is 3.25. The molecule has 0 spiro atoms. The molecule has 7 heteroatoms. The number of nitrogen functional groups attached to an aromatic ring is 1. The minimum Gasteiger partial charge on any atom is -0.399 e. The summed E-state index contributed by atoms with van der Waals surface area (Å²) in [5, 5.41) is 0. The van der Waals surface area contributed by atoms with E-state index in [1.165, 1.54) is 6.07 Å². The highest BCUT2D eigenvalue weighted by Gasteiger charge is 2.35. The lowest BCUT2D eigenvalue weighted by atomic mass is 10.1. The van der Waals surface area contributed by atoms with Crippen molar-refractivity contribution < 1.29 is 21.6 Å². The van der Waals surface area contributed by atoms with Crippen LogP contribution < -0.4 is 5.73 Å². The second-order valence-corrected chi connectivity index (χ2v) is 7.73. The van der Waals surface area contributed by atoms with Gasteiger partial charge in [0.2, 0.25) is 0 Å². The number of alkyl halides is 3. The molecule has 0 heterocycles. The topological polar surface area (TPSA) is 60.2 Å². The third-order valence-corrected chi connectivity index (χ3v) is 5.51. The Morgan fingerprint density at radius 2 is 1.81 bits per heavy atom. The van der Waals surface area contributed by atoms with Crippen LogP contribution in [0.5, 0.6) is 0 Å². The number of benzene rings is 1. The zero-order chi connectivity index (χ0) is 15.7. The van der Waals surface area contributed by atoms with E-state index < -0.39 is 27.3 Å². The zero-order valence-electron chi connectivity index (χ0n) is 11.5. The highest BCUT2D eigenvalue weighted by Crippen LogP contribution is 2.35. The molecule has 0 aromatic heterocycles. The Balaban J connectivity index is 2.22. The second-order valence-electron chi connectivity index (χ2n) is 5.62. The molecular weight excluding hydrogens is 303 g/mol. The van der Waals surface area contributed by atoms with Gasteiger partial charge in [-0.3, -0.25) is 0 Å². The molecule has 1 aromatic carbocycles. The molecule has 2 rings (SSSR count). The summed E-state index contributed by atoms with van der Waals surface area (Å²) in [5.74, 6) is -0.536. The van der Waals surface area contributed by atoms with Crippen LogP contribution in [0.4, 0.5) is 18.9 Å². The lowest BCUT2D eigenvalue weighted by Crippen LogP contribution is -2.18. The molecule has 1 aromatic rings. The fraction of sp³-hybridized carbons (Fsp3) is 0.571. The van der Waals surface area contributed by atoms with Crippen LogP contribution in [0.15, 0.2) is 18.2 Å². The summed E-state index contributed by atoms with van der Waals surface area (Å²) in [6.07, 6.45) is -0.931. The fourth-order valence-corrected chi connectivity index (χ4v) is 4.71. The number of anilines is 1. The number of rotatable bonds is 4. The molecule has 0 unspecified atom stereocenters. The van der Waals surface area contributed by atoms with Crippen LogP contribution in [0.1, 0.15) is 36.8 Å². The second kappa shape index (κ2) is 5.87. The summed E-state index contributed by atoms with van der Waals surface area (Å²) < 4.78 is 63.1. The average molecular weight is 321 g/mol. The third kappa shape index (κ3) is 4.36. The fourth-order valence-electron chi connectivity index (χ4n) is 2.82. The maximum absolute atomic E-state index is 13.0. The van der Waals surface area contributed by atoms with Crippen molar-refractivity contribution in [1.82, 2.24) is 0 Å². The van der Waals surface area contributed by atoms with Gasteiger partial charge in [-0.2, -0.15) is 13.2 Å². The van der Waals surface area contributed by atoms with Crippen molar-refractivity contribution in [2.45, 2.75) is 37.6 Å². The van der Waals surface area contributed by atoms with Crippen LogP contribution >= 0.6 is 0 Å². The zero-order valence-corrected chi connectivity index (χ0v) is 12.3. The molecule has 0 radical (unpaired) electrons. The predicted octanol–water partition coefficient (Wildman–Crippen LogP) is 3.39. The van der Waals surface area contributed by atoms with Crippen molar-refractivity contribution in [1.29, 1.82) is 0 Å². The molecule has 0 atom stereocenters. The van der Waals surface area contributed by atoms with Gasteiger partial charge in [0.15, 0.2) is 9.84 Å². The monoisotopic (exact) mass is 321 g/mol. The Hall–Kier alpha value is -1.24. The van der Waals surface area contributed by atoms with Crippen molar-refractivity contribution in [3.8, 4) is 0 Å². The average Bonchev–Trinajstić information content (AvgIpc) is 2.81. The number of nitrogens with two attached hydrogens (primary N) is 1. The van der Waals surface area contributed by atoms with Gasteiger partial charge in [-0.1, -0.05) is 18.9 Å². The van der Waals surface area contributed by atoms with E-state index in [-0.39, 0.29) is 22.9 Å². The molecular formula is C14H18F3NO2S. The summed E-state index contributed by atoms with van der Waals surface area (Å²) in [4.78, 5) is 0. The van der Waals surface area contributed by atoms with E-state index in [0.717, 1.165) is 37.8 Å². The maximum Gasteiger partial charge on any atom is 0.416 e. The third-order valence-electron chi connectivity index (χ3n) is 3.78. The summed E-state index contributed by atoms with van der Waals surface area (Å²) in [5.41, 5.74) is 4.15. The van der Waals surface area contributed by atoms with Gasteiger partial charge < -0.3 is 5.73 Å². The molecule has 3 nitrogen and oxygen atoms in total. The van der Waals surface area contributed by atoms with Crippen LogP contribution in [0.2, 0.25) is 0 Å². The summed E-state index contributed by atoms with van der Waals surface area (Å²) in [7, 11) is -3.55. The van der Waals surface area contributed by atoms with Crippen molar-refractivity contribution in [2.24, 2.45) is 5.92 Å². The van der Waals surface area contributed by atoms with E-state index in [1.807, 2.05) is 0 Å². The molecule has 1 saturated carbocycles. The largest absolute Gasteiger partial charge is 0.416 e. The Morgan fingerprint density at radius 1 is 1.19 bits per heavy atom. The quantitative estimate of drug-likeness (QED) is 0.865. The van der Waals surface area contributed by atoms with Gasteiger partial charge in [-0.25, -0.2) is 8.42 Å². The lowest BCUT2D eigenvalue weighted by molar-refractivity contribution is -0.138. The van der Waals surface area contributed by atoms with Crippen molar-refractivity contribution in [3.63, 3.8) is 0 Å². The van der Waals surface area contributed by atoms with E-state index in [2.05, 4.69) is 0 Å². The molecule has 118 valence electrons. The first-order valence-corrected chi connectivity index (χ1v) is 8.65. The number of halogens is 3. The SMILES string of the molecule is Nc1ccc(CS(=O)(=O)CC2CCCC2)c(C(F)(F)F)c1. The van der Waals surface area contributed by atoms with Gasteiger partial charge >= 0.3 is 6.18 Å². The van der Waals surface area contributed by atoms with Crippen LogP contribution in [-0.4, -0.2) is 14.2 Å². The Morgan fingerprint density at radius 3 is 2.38 bits per heavy atom. The van der Waals surface area contributed by atoms with Gasteiger partial charge in [0.25, 0.3) is 0 Å². The Bertz CT molecular complexity index is 605. The first-order chi connectivity index (χ1) is 9.67. The van der Waals surface area contributed by atoms with E-state index in [4.69, 9.17) is 5.73 Å². The number of hydrogen-bond acceptors (Lipinski definition) is 3. The van der Waals surface area contributed by atoms with Gasteiger partial charge in [0, 0.05) is 5.69 Å². The highest BCUT2D eigenvalue weighted by atomic mass is 32.2. The van der Waals surface area contributed by atoms with Crippen molar-refractivity contribution in [3.05, 3.63) is 29.3 Å². The standard InChI is InChI=1S/C14H18F3NO2S/c15-14(16,17)13-7-12(18)6-5-11(13)9-21(19,20)8-10-3-1-2-4-10/h5-7,10H,1-4,8-9,18H2. The molecule has 0 amide bonds. The van der Waals surface area contributed by atoms with E-state index in [9.17, 15) is 21.6 Å². The van der Waals surface area contributed by atoms with Crippen LogP contribution in [0, 0.1) is 5.92 Å². The molecule has 1 aliphatic carbocycles. The van der Waals surface area contributed by atoms with Crippen molar-refractivity contribution in [2.75, 3.05) is 11.5 Å². The van der Waals surface area contributed by atoms with Gasteiger partial charge in [-0.05, 0) is 36.5 Å². The predicted molar refractivity (Wildman–Crippen MR) is 75.3 cm³/mol. The lowest BCUT2D eigenvalue weighted by Gasteiger charge is -2.15. The van der Waals surface area contributed by atoms with Gasteiger partial charge in [-0.15, -0.1) is 0 Å². The molecule has 1 fully saturated rings. The van der Waals surface area contributed by atoms with Crippen LogP contribution in [-0.2, 0) is 21.8 Å². The summed E-state index contributed by atoms with van der Waals surface area (Å²) >= 11 is 0. The Kier molecular flexibility index (Phi) is 4.51. The smallest absolute Gasteiger partial charge is 0.399 e. The van der Waals surface area contributed by atoms with Crippen molar-refractivity contribution >= 4 is 15.5 Å².